The molecule has 0 aliphatic carbocycles. The van der Waals surface area contributed by atoms with E-state index in [1.807, 2.05) is 91.5 Å². The Bertz CT molecular complexity index is 838. The maximum Gasteiger partial charge on any atom is 0.253 e. The Labute approximate surface area is 148 Å². The summed E-state index contributed by atoms with van der Waals surface area (Å²) in [5.41, 5.74) is 3.75. The van der Waals surface area contributed by atoms with Crippen molar-refractivity contribution in [3.63, 3.8) is 0 Å². The molecule has 0 saturated heterocycles. The zero-order valence-corrected chi connectivity index (χ0v) is 14.8. The van der Waals surface area contributed by atoms with Gasteiger partial charge in [0.1, 0.15) is 0 Å². The molecular weight excluding hydrogens is 312 g/mol. The maximum absolute atomic E-state index is 12.6. The number of carbonyl (C=O) groups excluding carboxylic acids is 1. The molecule has 1 amide bonds. The third-order valence-corrected chi connectivity index (χ3v) is 4.05. The molecule has 0 bridgehead atoms. The highest BCUT2D eigenvalue weighted by molar-refractivity contribution is 5.94. The summed E-state index contributed by atoms with van der Waals surface area (Å²) in [5, 5.41) is 4.38. The number of benzene rings is 2. The lowest BCUT2D eigenvalue weighted by Crippen LogP contribution is -2.26. The number of hydrogen-bond donors (Lipinski definition) is 0. The Morgan fingerprint density at radius 2 is 1.68 bits per heavy atom. The molecule has 0 radical (unpaired) electrons. The summed E-state index contributed by atoms with van der Waals surface area (Å²) in [4.78, 5) is 16.3. The Balaban J connectivity index is 1.68. The van der Waals surface area contributed by atoms with E-state index in [9.17, 15) is 4.79 Å². The maximum atomic E-state index is 12.6. The lowest BCUT2D eigenvalue weighted by atomic mass is 10.1. The van der Waals surface area contributed by atoms with Gasteiger partial charge in [-0.15, -0.1) is 0 Å². The average molecular weight is 334 g/mol. The van der Waals surface area contributed by atoms with Crippen LogP contribution in [0.3, 0.4) is 0 Å². The van der Waals surface area contributed by atoms with E-state index in [1.165, 1.54) is 0 Å². The molecule has 0 fully saturated rings. The van der Waals surface area contributed by atoms with Crippen molar-refractivity contribution in [1.82, 2.24) is 14.7 Å². The van der Waals surface area contributed by atoms with Gasteiger partial charge in [-0.05, 0) is 36.4 Å². The Hall–Kier alpha value is -3.08. The molecule has 0 aliphatic heterocycles. The van der Waals surface area contributed by atoms with E-state index < -0.39 is 0 Å². The fourth-order valence-corrected chi connectivity index (χ4v) is 2.63. The summed E-state index contributed by atoms with van der Waals surface area (Å²) >= 11 is 0. The Morgan fingerprint density at radius 1 is 1.00 bits per heavy atom. The monoisotopic (exact) mass is 334 g/mol. The summed E-state index contributed by atoms with van der Waals surface area (Å²) in [7, 11) is 5.77. The van der Waals surface area contributed by atoms with Crippen molar-refractivity contribution in [2.75, 3.05) is 26.0 Å². The number of amides is 1. The molecular formula is C20H22N4O. The minimum absolute atomic E-state index is 0.00207. The first-order valence-corrected chi connectivity index (χ1v) is 8.16. The molecule has 1 heterocycles. The standard InChI is InChI=1S/C20H22N4O/c1-22(2)18-11-9-17(10-12-18)20(25)23(3)14-16-13-21-24(15-16)19-7-5-4-6-8-19/h4-13,15H,14H2,1-3H3. The van der Waals surface area contributed by atoms with Crippen LogP contribution in [0.1, 0.15) is 15.9 Å². The van der Waals surface area contributed by atoms with Crippen molar-refractivity contribution < 1.29 is 4.79 Å². The number of para-hydroxylation sites is 1. The van der Waals surface area contributed by atoms with Gasteiger partial charge in [0, 0.05) is 50.7 Å². The number of aromatic nitrogens is 2. The predicted molar refractivity (Wildman–Crippen MR) is 100 cm³/mol. The van der Waals surface area contributed by atoms with Crippen LogP contribution in [0.4, 0.5) is 5.69 Å². The number of anilines is 1. The van der Waals surface area contributed by atoms with Crippen LogP contribution in [0, 0.1) is 0 Å². The van der Waals surface area contributed by atoms with Gasteiger partial charge >= 0.3 is 0 Å². The van der Waals surface area contributed by atoms with E-state index in [0.717, 1.165) is 16.9 Å². The molecule has 1 aromatic heterocycles. The fourth-order valence-electron chi connectivity index (χ4n) is 2.63. The molecule has 5 heteroatoms. The Kier molecular flexibility index (Phi) is 4.84. The summed E-state index contributed by atoms with van der Waals surface area (Å²) in [6.07, 6.45) is 3.75. The topological polar surface area (TPSA) is 41.4 Å². The van der Waals surface area contributed by atoms with Gasteiger partial charge in [0.2, 0.25) is 0 Å². The molecule has 128 valence electrons. The van der Waals surface area contributed by atoms with Gasteiger partial charge < -0.3 is 9.80 Å². The van der Waals surface area contributed by atoms with Crippen molar-refractivity contribution in [1.29, 1.82) is 0 Å². The number of rotatable bonds is 5. The van der Waals surface area contributed by atoms with Gasteiger partial charge in [-0.25, -0.2) is 4.68 Å². The van der Waals surface area contributed by atoms with Crippen molar-refractivity contribution in [2.24, 2.45) is 0 Å². The minimum Gasteiger partial charge on any atom is -0.378 e. The second-order valence-electron chi connectivity index (χ2n) is 6.23. The highest BCUT2D eigenvalue weighted by atomic mass is 16.2. The van der Waals surface area contributed by atoms with Crippen LogP contribution in [0.2, 0.25) is 0 Å². The first-order valence-electron chi connectivity index (χ1n) is 8.16. The van der Waals surface area contributed by atoms with Gasteiger partial charge in [0.15, 0.2) is 0 Å². The molecule has 0 spiro atoms. The largest absolute Gasteiger partial charge is 0.378 e. The van der Waals surface area contributed by atoms with Crippen LogP contribution in [-0.4, -0.2) is 41.7 Å². The van der Waals surface area contributed by atoms with Crippen LogP contribution in [-0.2, 0) is 6.54 Å². The highest BCUT2D eigenvalue weighted by Gasteiger charge is 2.13. The third-order valence-electron chi connectivity index (χ3n) is 4.05. The van der Waals surface area contributed by atoms with Crippen LogP contribution in [0.15, 0.2) is 67.0 Å². The van der Waals surface area contributed by atoms with Gasteiger partial charge in [-0.1, -0.05) is 18.2 Å². The summed E-state index contributed by atoms with van der Waals surface area (Å²) in [6, 6.07) is 17.6. The molecule has 25 heavy (non-hydrogen) atoms. The van der Waals surface area contributed by atoms with E-state index in [1.54, 1.807) is 11.1 Å². The molecule has 2 aromatic carbocycles. The van der Waals surface area contributed by atoms with E-state index >= 15 is 0 Å². The lowest BCUT2D eigenvalue weighted by Gasteiger charge is -2.17. The van der Waals surface area contributed by atoms with E-state index in [4.69, 9.17) is 0 Å². The summed E-state index contributed by atoms with van der Waals surface area (Å²) in [5.74, 6) is -0.00207. The van der Waals surface area contributed by atoms with Gasteiger partial charge in [-0.3, -0.25) is 4.79 Å². The quantitative estimate of drug-likeness (QED) is 0.719. The first-order chi connectivity index (χ1) is 12.0. The number of hydrogen-bond acceptors (Lipinski definition) is 3. The van der Waals surface area contributed by atoms with Crippen molar-refractivity contribution in [2.45, 2.75) is 6.54 Å². The van der Waals surface area contributed by atoms with Crippen molar-refractivity contribution in [3.05, 3.63) is 78.1 Å². The van der Waals surface area contributed by atoms with Gasteiger partial charge in [-0.2, -0.15) is 5.10 Å². The molecule has 0 unspecified atom stereocenters. The normalized spacial score (nSPS) is 10.5. The summed E-state index contributed by atoms with van der Waals surface area (Å²) < 4.78 is 1.82. The average Bonchev–Trinajstić information content (AvgIpc) is 3.10. The smallest absolute Gasteiger partial charge is 0.253 e. The van der Waals surface area contributed by atoms with Crippen LogP contribution in [0.25, 0.3) is 5.69 Å². The molecule has 5 nitrogen and oxygen atoms in total. The SMILES string of the molecule is CN(Cc1cnn(-c2ccccc2)c1)C(=O)c1ccc(N(C)C)cc1. The van der Waals surface area contributed by atoms with E-state index in [0.29, 0.717) is 12.1 Å². The first kappa shape index (κ1) is 16.8. The molecule has 0 atom stereocenters. The van der Waals surface area contributed by atoms with Gasteiger partial charge in [0.25, 0.3) is 5.91 Å². The third kappa shape index (κ3) is 3.88. The molecule has 0 saturated carbocycles. The zero-order chi connectivity index (χ0) is 17.8. The van der Waals surface area contributed by atoms with Crippen molar-refractivity contribution in [3.8, 4) is 5.69 Å². The predicted octanol–water partition coefficient (Wildman–Crippen LogP) is 3.21. The van der Waals surface area contributed by atoms with Crippen molar-refractivity contribution >= 4 is 11.6 Å². The lowest BCUT2D eigenvalue weighted by molar-refractivity contribution is 0.0785. The Morgan fingerprint density at radius 3 is 2.32 bits per heavy atom. The molecule has 0 N–H and O–H groups in total. The van der Waals surface area contributed by atoms with Crippen LogP contribution >= 0.6 is 0 Å². The second kappa shape index (κ2) is 7.21. The van der Waals surface area contributed by atoms with Crippen LogP contribution < -0.4 is 4.90 Å². The number of nitrogens with zero attached hydrogens (tertiary/aromatic N) is 4. The summed E-state index contributed by atoms with van der Waals surface area (Å²) in [6.45, 7) is 0.515. The zero-order valence-electron chi connectivity index (χ0n) is 14.8. The molecule has 3 aromatic rings. The molecule has 3 rings (SSSR count). The minimum atomic E-state index is -0.00207. The van der Waals surface area contributed by atoms with Crippen LogP contribution in [0.5, 0.6) is 0 Å². The van der Waals surface area contributed by atoms with E-state index in [-0.39, 0.29) is 5.91 Å². The fraction of sp³-hybridized carbons (Fsp3) is 0.200. The second-order valence-corrected chi connectivity index (χ2v) is 6.23. The number of carbonyl (C=O) groups is 1. The van der Waals surface area contributed by atoms with Gasteiger partial charge in [0.05, 0.1) is 11.9 Å². The highest BCUT2D eigenvalue weighted by Crippen LogP contribution is 2.15. The molecule has 0 aliphatic rings. The van der Waals surface area contributed by atoms with E-state index in [2.05, 4.69) is 5.10 Å².